The summed E-state index contributed by atoms with van der Waals surface area (Å²) in [7, 11) is 0. The van der Waals surface area contributed by atoms with Crippen molar-refractivity contribution in [1.82, 2.24) is 19.1 Å². The summed E-state index contributed by atoms with van der Waals surface area (Å²) in [6.45, 7) is 0. The molecule has 0 radical (unpaired) electrons. The molecule has 0 saturated carbocycles. The van der Waals surface area contributed by atoms with E-state index in [-0.39, 0.29) is 6.04 Å². The van der Waals surface area contributed by atoms with Gasteiger partial charge in [-0.15, -0.1) is 11.3 Å². The zero-order chi connectivity index (χ0) is 29.5. The van der Waals surface area contributed by atoms with Crippen molar-refractivity contribution in [3.8, 4) is 22.3 Å². The quantitative estimate of drug-likeness (QED) is 0.191. The highest BCUT2D eigenvalue weighted by atomic mass is 32.1. The molecule has 210 valence electrons. The van der Waals surface area contributed by atoms with Gasteiger partial charge in [0.15, 0.2) is 0 Å². The maximum Gasteiger partial charge on any atom is 0.235 e. The summed E-state index contributed by atoms with van der Waals surface area (Å²) in [4.78, 5) is 8.89. The van der Waals surface area contributed by atoms with Crippen molar-refractivity contribution >= 4 is 70.4 Å². The van der Waals surface area contributed by atoms with Crippen LogP contribution in [0.2, 0.25) is 0 Å². The third-order valence-corrected chi connectivity index (χ3v) is 10.4. The largest absolute Gasteiger partial charge is 0.316 e. The molecular formula is C40H25N4S+. The highest BCUT2D eigenvalue weighted by Gasteiger charge is 2.38. The molecule has 5 heterocycles. The first-order valence-corrected chi connectivity index (χ1v) is 16.0. The summed E-state index contributed by atoms with van der Waals surface area (Å²) in [5.41, 5.74) is 10.5. The minimum Gasteiger partial charge on any atom is -0.316 e. The second-order valence-electron chi connectivity index (χ2n) is 11.7. The maximum atomic E-state index is 4.44. The fourth-order valence-corrected chi connectivity index (χ4v) is 8.56. The van der Waals surface area contributed by atoms with Crippen molar-refractivity contribution in [3.63, 3.8) is 0 Å². The van der Waals surface area contributed by atoms with E-state index in [1.54, 1.807) is 0 Å². The number of thiophene rings is 1. The smallest absolute Gasteiger partial charge is 0.235 e. The van der Waals surface area contributed by atoms with E-state index in [4.69, 9.17) is 0 Å². The van der Waals surface area contributed by atoms with Gasteiger partial charge in [0, 0.05) is 86.4 Å². The van der Waals surface area contributed by atoms with E-state index in [2.05, 4.69) is 128 Å². The highest BCUT2D eigenvalue weighted by Crippen LogP contribution is 2.48. The molecule has 8 aromatic rings. The van der Waals surface area contributed by atoms with Gasteiger partial charge >= 0.3 is 0 Å². The zero-order valence-corrected chi connectivity index (χ0v) is 24.9. The lowest BCUT2D eigenvalue weighted by Crippen LogP contribution is -2.30. The van der Waals surface area contributed by atoms with Gasteiger partial charge in [-0.25, -0.2) is 0 Å². The van der Waals surface area contributed by atoms with Gasteiger partial charge in [0.2, 0.25) is 17.1 Å². The lowest BCUT2D eigenvalue weighted by molar-refractivity contribution is 0.783. The standard InChI is InChI=1S/C40H25N4S/c1-4-15-37-30(10-1)33-17-16-32-31-11-5-14-36-38(31)44(39(32)40(33)45-37)35-13-3-2-12-34(35)43(36)29-21-27(25-8-6-18-41-23-25)20-28(22-29)26-9-7-19-42-24-26/h1-24,35H/q+1. The Morgan fingerprint density at radius 2 is 1.36 bits per heavy atom. The van der Waals surface area contributed by atoms with E-state index < -0.39 is 0 Å². The first kappa shape index (κ1) is 24.8. The van der Waals surface area contributed by atoms with Crippen molar-refractivity contribution < 1.29 is 0 Å². The third kappa shape index (κ3) is 3.56. The fraction of sp³-hybridized carbons (Fsp3) is 0.0250. The summed E-state index contributed by atoms with van der Waals surface area (Å²) in [6, 6.07) is 35.4. The topological polar surface area (TPSA) is 33.7 Å². The van der Waals surface area contributed by atoms with Gasteiger partial charge in [0.1, 0.15) is 11.6 Å². The molecule has 2 aliphatic rings. The molecule has 10 rings (SSSR count). The number of hydrogen-bond acceptors (Lipinski definition) is 3. The predicted octanol–water partition coefficient (Wildman–Crippen LogP) is 10.2. The van der Waals surface area contributed by atoms with Crippen LogP contribution in [-0.2, 0) is 0 Å². The predicted molar refractivity (Wildman–Crippen MR) is 189 cm³/mol. The van der Waals surface area contributed by atoms with Gasteiger partial charge in [0.05, 0.1) is 10.2 Å². The molecule has 0 fully saturated rings. The van der Waals surface area contributed by atoms with E-state index in [9.17, 15) is 0 Å². The van der Waals surface area contributed by atoms with E-state index >= 15 is 0 Å². The van der Waals surface area contributed by atoms with E-state index in [1.165, 1.54) is 53.4 Å². The number of allylic oxidation sites excluding steroid dienone is 4. The van der Waals surface area contributed by atoms with Crippen LogP contribution in [0.15, 0.2) is 146 Å². The Bertz CT molecular complexity index is 2530. The molecule has 1 atom stereocenters. The fourth-order valence-electron chi connectivity index (χ4n) is 7.32. The van der Waals surface area contributed by atoms with Crippen LogP contribution in [-0.4, -0.2) is 20.2 Å². The Kier molecular flexibility index (Phi) is 5.18. The molecule has 1 aliphatic carbocycles. The summed E-state index contributed by atoms with van der Waals surface area (Å²) in [6.07, 6.45) is 16.5. The summed E-state index contributed by atoms with van der Waals surface area (Å²) < 4.78 is 7.74. The molecule has 5 heteroatoms. The second kappa shape index (κ2) is 9.42. The minimum atomic E-state index is 0.0459. The Labute approximate surface area is 263 Å². The Morgan fingerprint density at radius 1 is 0.622 bits per heavy atom. The van der Waals surface area contributed by atoms with Crippen LogP contribution in [0.4, 0.5) is 11.4 Å². The summed E-state index contributed by atoms with van der Waals surface area (Å²) in [5, 5.41) is 5.24. The lowest BCUT2D eigenvalue weighted by atomic mass is 9.97. The molecule has 0 N–H and O–H groups in total. The third-order valence-electron chi connectivity index (χ3n) is 9.22. The Hall–Kier alpha value is -5.65. The Balaban J connectivity index is 1.31. The zero-order valence-electron chi connectivity index (χ0n) is 24.1. The van der Waals surface area contributed by atoms with Crippen molar-refractivity contribution in [2.75, 3.05) is 0 Å². The number of rotatable bonds is 3. The van der Waals surface area contributed by atoms with E-state index in [0.717, 1.165) is 27.9 Å². The number of benzene rings is 4. The van der Waals surface area contributed by atoms with Crippen molar-refractivity contribution in [2.45, 2.75) is 6.04 Å². The minimum absolute atomic E-state index is 0.0459. The molecule has 0 spiro atoms. The van der Waals surface area contributed by atoms with Crippen LogP contribution in [0.25, 0.3) is 64.2 Å². The second-order valence-corrected chi connectivity index (χ2v) is 12.7. The average molecular weight is 594 g/mol. The van der Waals surface area contributed by atoms with Gasteiger partial charge < -0.3 is 4.57 Å². The van der Waals surface area contributed by atoms with E-state index in [1.807, 2.05) is 48.3 Å². The summed E-state index contributed by atoms with van der Waals surface area (Å²) in [5.74, 6) is 0. The van der Waals surface area contributed by atoms with Crippen LogP contribution in [0.3, 0.4) is 0 Å². The van der Waals surface area contributed by atoms with E-state index in [0.29, 0.717) is 0 Å². The van der Waals surface area contributed by atoms with Gasteiger partial charge in [-0.2, -0.15) is 4.58 Å². The average Bonchev–Trinajstić information content (AvgIpc) is 3.66. The molecule has 0 amide bonds. The molecule has 0 saturated heterocycles. The first-order valence-electron chi connectivity index (χ1n) is 15.2. The first-order chi connectivity index (χ1) is 22.3. The summed E-state index contributed by atoms with van der Waals surface area (Å²) >= 11 is 1.90. The van der Waals surface area contributed by atoms with Crippen LogP contribution < -0.4 is 4.58 Å². The van der Waals surface area contributed by atoms with Crippen LogP contribution in [0.1, 0.15) is 6.04 Å². The van der Waals surface area contributed by atoms with Crippen LogP contribution in [0.5, 0.6) is 0 Å². The highest BCUT2D eigenvalue weighted by molar-refractivity contribution is 7.26. The van der Waals surface area contributed by atoms with Crippen molar-refractivity contribution in [2.24, 2.45) is 0 Å². The molecule has 0 bridgehead atoms. The van der Waals surface area contributed by atoms with Crippen LogP contribution in [0, 0.1) is 0 Å². The number of hydrogen-bond donors (Lipinski definition) is 0. The van der Waals surface area contributed by atoms with Gasteiger partial charge in [0.25, 0.3) is 0 Å². The van der Waals surface area contributed by atoms with Crippen LogP contribution >= 0.6 is 11.3 Å². The van der Waals surface area contributed by atoms with Gasteiger partial charge in [-0.05, 0) is 35.4 Å². The molecule has 1 unspecified atom stereocenters. The van der Waals surface area contributed by atoms with Crippen molar-refractivity contribution in [1.29, 1.82) is 0 Å². The molecule has 4 aromatic heterocycles. The number of aromatic nitrogens is 3. The number of pyridine rings is 2. The molecule has 1 aliphatic heterocycles. The van der Waals surface area contributed by atoms with Crippen molar-refractivity contribution in [3.05, 3.63) is 146 Å². The molecule has 45 heavy (non-hydrogen) atoms. The number of fused-ring (bicyclic) bond motifs is 9. The van der Waals surface area contributed by atoms with Gasteiger partial charge in [-0.1, -0.05) is 72.8 Å². The number of nitrogens with zero attached hydrogens (tertiary/aromatic N) is 4. The lowest BCUT2D eigenvalue weighted by Gasteiger charge is -2.25. The SMILES string of the molecule is C1=CC2=[N+](c3cc(-c4cccnc4)cc(-c4cccnc4)c3)c3cccc4c5ccc6c7ccccc7sc6c5n(c34)C2C=C1. The molecule has 4 aromatic carbocycles. The normalized spacial score (nSPS) is 15.5. The Morgan fingerprint density at radius 3 is 2.13 bits per heavy atom. The maximum absolute atomic E-state index is 4.44. The number of para-hydroxylation sites is 1. The van der Waals surface area contributed by atoms with Gasteiger partial charge in [-0.3, -0.25) is 9.97 Å². The molecule has 4 nitrogen and oxygen atoms in total. The monoisotopic (exact) mass is 593 g/mol. The molecular weight excluding hydrogens is 569 g/mol.